The summed E-state index contributed by atoms with van der Waals surface area (Å²) in [4.78, 5) is 23.7. The van der Waals surface area contributed by atoms with Crippen LogP contribution in [0.15, 0.2) is 37.1 Å². The van der Waals surface area contributed by atoms with Gasteiger partial charge in [0.15, 0.2) is 0 Å². The molecular formula is C20H27N5O. The molecule has 0 bridgehead atoms. The standard InChI is InChI=1S/C20H27N5O/c1-24-15-22-12-17(24)13-25-9-7-20(14-25)6-2-5-18(20)19(26)23-11-16-4-3-8-21-10-16/h3-4,8,10,12,15,18H,2,5-7,9,11,13-14H2,1H3,(H,23,26)/t18-,20+/m0/s1. The lowest BCUT2D eigenvalue weighted by Crippen LogP contribution is -2.40. The van der Waals surface area contributed by atoms with Crippen molar-refractivity contribution < 1.29 is 4.79 Å². The number of nitrogens with zero attached hydrogens (tertiary/aromatic N) is 4. The van der Waals surface area contributed by atoms with Gasteiger partial charge < -0.3 is 9.88 Å². The first-order valence-electron chi connectivity index (χ1n) is 9.50. The first-order chi connectivity index (χ1) is 12.7. The SMILES string of the molecule is Cn1cncc1CN1CC[C@]2(CCC[C@H]2C(=O)NCc2cccnc2)C1. The van der Waals surface area contributed by atoms with Crippen molar-refractivity contribution in [2.24, 2.45) is 18.4 Å². The Morgan fingerprint density at radius 2 is 2.27 bits per heavy atom. The van der Waals surface area contributed by atoms with Gasteiger partial charge in [-0.3, -0.25) is 14.7 Å². The third-order valence-corrected chi connectivity index (χ3v) is 6.18. The van der Waals surface area contributed by atoms with Crippen molar-refractivity contribution >= 4 is 5.91 Å². The van der Waals surface area contributed by atoms with Gasteiger partial charge in [0.25, 0.3) is 0 Å². The quantitative estimate of drug-likeness (QED) is 0.894. The van der Waals surface area contributed by atoms with Gasteiger partial charge in [0, 0.05) is 51.2 Å². The summed E-state index contributed by atoms with van der Waals surface area (Å²) in [6, 6.07) is 3.91. The first-order valence-corrected chi connectivity index (χ1v) is 9.50. The molecule has 0 radical (unpaired) electrons. The monoisotopic (exact) mass is 353 g/mol. The van der Waals surface area contributed by atoms with Crippen molar-refractivity contribution in [3.8, 4) is 0 Å². The smallest absolute Gasteiger partial charge is 0.223 e. The zero-order valence-electron chi connectivity index (χ0n) is 15.4. The highest BCUT2D eigenvalue weighted by atomic mass is 16.1. The molecule has 138 valence electrons. The second-order valence-electron chi connectivity index (χ2n) is 7.84. The van der Waals surface area contributed by atoms with E-state index in [9.17, 15) is 4.79 Å². The Labute approximate surface area is 154 Å². The summed E-state index contributed by atoms with van der Waals surface area (Å²) in [5.74, 6) is 0.351. The summed E-state index contributed by atoms with van der Waals surface area (Å²) < 4.78 is 2.08. The number of carbonyl (C=O) groups excluding carboxylic acids is 1. The molecule has 2 atom stereocenters. The number of hydrogen-bond donors (Lipinski definition) is 1. The summed E-state index contributed by atoms with van der Waals surface area (Å²) in [6.07, 6.45) is 11.8. The zero-order valence-corrected chi connectivity index (χ0v) is 15.4. The van der Waals surface area contributed by atoms with Gasteiger partial charge in [-0.2, -0.15) is 0 Å². The number of aromatic nitrogens is 3. The van der Waals surface area contributed by atoms with Crippen LogP contribution in [-0.4, -0.2) is 38.4 Å². The van der Waals surface area contributed by atoms with Gasteiger partial charge >= 0.3 is 0 Å². The minimum absolute atomic E-state index is 0.135. The minimum atomic E-state index is 0.135. The summed E-state index contributed by atoms with van der Waals surface area (Å²) in [7, 11) is 2.04. The van der Waals surface area contributed by atoms with Gasteiger partial charge in [-0.1, -0.05) is 12.5 Å². The van der Waals surface area contributed by atoms with Crippen LogP contribution in [0.25, 0.3) is 0 Å². The molecule has 4 rings (SSSR count). The second kappa shape index (κ2) is 7.19. The number of carbonyl (C=O) groups is 1. The number of nitrogens with one attached hydrogen (secondary N) is 1. The average Bonchev–Trinajstić information content (AvgIpc) is 3.37. The number of aryl methyl sites for hydroxylation is 1. The Morgan fingerprint density at radius 1 is 1.35 bits per heavy atom. The zero-order chi connectivity index (χ0) is 18.0. The van der Waals surface area contributed by atoms with E-state index in [0.29, 0.717) is 6.54 Å². The molecule has 1 aliphatic carbocycles. The van der Waals surface area contributed by atoms with E-state index < -0.39 is 0 Å². The summed E-state index contributed by atoms with van der Waals surface area (Å²) in [6.45, 7) is 3.57. The maximum atomic E-state index is 12.9. The fraction of sp³-hybridized carbons (Fsp3) is 0.550. The largest absolute Gasteiger partial charge is 0.352 e. The fourth-order valence-electron chi connectivity index (χ4n) is 4.74. The third kappa shape index (κ3) is 3.38. The molecule has 2 aromatic heterocycles. The van der Waals surface area contributed by atoms with E-state index in [2.05, 4.69) is 24.8 Å². The Morgan fingerprint density at radius 3 is 3.04 bits per heavy atom. The molecule has 0 unspecified atom stereocenters. The molecule has 2 fully saturated rings. The lowest BCUT2D eigenvalue weighted by molar-refractivity contribution is -0.128. The molecule has 1 saturated carbocycles. The third-order valence-electron chi connectivity index (χ3n) is 6.18. The van der Waals surface area contributed by atoms with Gasteiger partial charge in [0.05, 0.1) is 12.0 Å². The number of hydrogen-bond acceptors (Lipinski definition) is 4. The molecule has 1 N–H and O–H groups in total. The van der Waals surface area contributed by atoms with E-state index in [1.807, 2.05) is 37.9 Å². The number of amides is 1. The summed E-state index contributed by atoms with van der Waals surface area (Å²) in [5.41, 5.74) is 2.44. The maximum absolute atomic E-state index is 12.9. The highest BCUT2D eigenvalue weighted by Crippen LogP contribution is 2.50. The Balaban J connectivity index is 1.38. The molecule has 1 amide bonds. The minimum Gasteiger partial charge on any atom is -0.352 e. The Hall–Kier alpha value is -2.21. The molecular weight excluding hydrogens is 326 g/mol. The van der Waals surface area contributed by atoms with E-state index in [-0.39, 0.29) is 17.2 Å². The lowest BCUT2D eigenvalue weighted by atomic mass is 9.76. The van der Waals surface area contributed by atoms with Crippen LogP contribution in [0.1, 0.15) is 36.9 Å². The van der Waals surface area contributed by atoms with E-state index >= 15 is 0 Å². The van der Waals surface area contributed by atoms with Gasteiger partial charge in [0.2, 0.25) is 5.91 Å². The van der Waals surface area contributed by atoms with E-state index in [0.717, 1.165) is 44.5 Å². The number of pyridine rings is 1. The number of imidazole rings is 1. The van der Waals surface area contributed by atoms with Crippen molar-refractivity contribution in [1.82, 2.24) is 24.8 Å². The van der Waals surface area contributed by atoms with E-state index in [4.69, 9.17) is 0 Å². The Kier molecular flexibility index (Phi) is 4.76. The number of likely N-dealkylation sites (tertiary alicyclic amines) is 1. The van der Waals surface area contributed by atoms with E-state index in [1.165, 1.54) is 12.1 Å². The van der Waals surface area contributed by atoms with Crippen molar-refractivity contribution in [3.63, 3.8) is 0 Å². The average molecular weight is 353 g/mol. The number of rotatable bonds is 5. The Bertz CT molecular complexity index is 759. The van der Waals surface area contributed by atoms with Crippen molar-refractivity contribution in [2.45, 2.75) is 38.8 Å². The predicted molar refractivity (Wildman–Crippen MR) is 99.0 cm³/mol. The van der Waals surface area contributed by atoms with Crippen LogP contribution in [0.4, 0.5) is 0 Å². The molecule has 2 aromatic rings. The molecule has 1 saturated heterocycles. The molecule has 6 heteroatoms. The molecule has 1 aliphatic heterocycles. The predicted octanol–water partition coefficient (Wildman–Crippen LogP) is 2.12. The lowest BCUT2D eigenvalue weighted by Gasteiger charge is -2.30. The molecule has 2 aliphatic rings. The highest BCUT2D eigenvalue weighted by Gasteiger charge is 2.50. The molecule has 1 spiro atoms. The van der Waals surface area contributed by atoms with Crippen molar-refractivity contribution in [2.75, 3.05) is 13.1 Å². The molecule has 6 nitrogen and oxygen atoms in total. The summed E-state index contributed by atoms with van der Waals surface area (Å²) >= 11 is 0. The first kappa shape index (κ1) is 17.2. The van der Waals surface area contributed by atoms with Gasteiger partial charge in [-0.25, -0.2) is 4.98 Å². The van der Waals surface area contributed by atoms with Gasteiger partial charge in [-0.05, 0) is 42.9 Å². The fourth-order valence-corrected chi connectivity index (χ4v) is 4.74. The van der Waals surface area contributed by atoms with Crippen molar-refractivity contribution in [3.05, 3.63) is 48.3 Å². The maximum Gasteiger partial charge on any atom is 0.223 e. The van der Waals surface area contributed by atoms with E-state index in [1.54, 1.807) is 6.20 Å². The highest BCUT2D eigenvalue weighted by molar-refractivity contribution is 5.80. The van der Waals surface area contributed by atoms with Crippen LogP contribution >= 0.6 is 0 Å². The van der Waals surface area contributed by atoms with Crippen LogP contribution in [0.2, 0.25) is 0 Å². The van der Waals surface area contributed by atoms with Crippen LogP contribution in [0.5, 0.6) is 0 Å². The second-order valence-corrected chi connectivity index (χ2v) is 7.84. The van der Waals surface area contributed by atoms with Crippen LogP contribution < -0.4 is 5.32 Å². The molecule has 3 heterocycles. The van der Waals surface area contributed by atoms with Gasteiger partial charge in [0.1, 0.15) is 0 Å². The normalized spacial score (nSPS) is 25.8. The van der Waals surface area contributed by atoms with Crippen LogP contribution in [-0.2, 0) is 24.9 Å². The van der Waals surface area contributed by atoms with Crippen LogP contribution in [0, 0.1) is 11.3 Å². The van der Waals surface area contributed by atoms with Gasteiger partial charge in [-0.15, -0.1) is 0 Å². The summed E-state index contributed by atoms with van der Waals surface area (Å²) in [5, 5.41) is 3.15. The molecule has 26 heavy (non-hydrogen) atoms. The van der Waals surface area contributed by atoms with Crippen molar-refractivity contribution in [1.29, 1.82) is 0 Å². The topological polar surface area (TPSA) is 63.1 Å². The molecule has 0 aromatic carbocycles. The van der Waals surface area contributed by atoms with Crippen LogP contribution in [0.3, 0.4) is 0 Å².